The molecule has 6 heteroatoms. The Morgan fingerprint density at radius 1 is 1.24 bits per heavy atom. The van der Waals surface area contributed by atoms with Crippen LogP contribution in [0.1, 0.15) is 48.8 Å². The lowest BCUT2D eigenvalue weighted by Crippen LogP contribution is -2.49. The van der Waals surface area contributed by atoms with Gasteiger partial charge in [-0.25, -0.2) is 0 Å². The van der Waals surface area contributed by atoms with Gasteiger partial charge in [0, 0.05) is 45.8 Å². The molecule has 1 amide bonds. The van der Waals surface area contributed by atoms with E-state index in [0.717, 1.165) is 44.4 Å². The second-order valence-corrected chi connectivity index (χ2v) is 8.38. The van der Waals surface area contributed by atoms with Gasteiger partial charge < -0.3 is 24.4 Å². The van der Waals surface area contributed by atoms with E-state index in [9.17, 15) is 4.79 Å². The number of carbonyl (C=O) groups excluding carboxylic acids is 1. The van der Waals surface area contributed by atoms with Crippen molar-refractivity contribution in [1.82, 2.24) is 10.2 Å². The predicted molar refractivity (Wildman–Crippen MR) is 111 cm³/mol. The highest BCUT2D eigenvalue weighted by atomic mass is 16.5. The van der Waals surface area contributed by atoms with Crippen LogP contribution < -0.4 is 10.1 Å². The number of rotatable bonds is 9. The first-order chi connectivity index (χ1) is 14.3. The van der Waals surface area contributed by atoms with E-state index < -0.39 is 0 Å². The van der Waals surface area contributed by atoms with Crippen molar-refractivity contribution in [3.63, 3.8) is 0 Å². The van der Waals surface area contributed by atoms with Crippen LogP contribution in [-0.2, 0) is 33.7 Å². The van der Waals surface area contributed by atoms with E-state index in [2.05, 4.69) is 22.3 Å². The highest BCUT2D eigenvalue weighted by Crippen LogP contribution is 2.34. The van der Waals surface area contributed by atoms with Gasteiger partial charge in [0.1, 0.15) is 11.9 Å². The topological polar surface area (TPSA) is 60.0 Å². The summed E-state index contributed by atoms with van der Waals surface area (Å²) < 4.78 is 16.9. The standard InChI is InChI=1S/C23H34N2O4/c1-27-10-4-11-28-20-13-17-5-2-3-6-21(17)18(14-20)16-25(19-7-8-19)23(26)22-15-24-9-12-29-22/h13-14,19,22,24H,2-12,15-16H2,1H3/t22-/m1/s1. The molecule has 0 radical (unpaired) electrons. The molecule has 6 nitrogen and oxygen atoms in total. The van der Waals surface area contributed by atoms with E-state index in [1.54, 1.807) is 7.11 Å². The number of benzene rings is 1. The number of methoxy groups -OCH3 is 1. The normalized spacial score (nSPS) is 21.5. The first-order valence-corrected chi connectivity index (χ1v) is 11.2. The van der Waals surface area contributed by atoms with Gasteiger partial charge >= 0.3 is 0 Å². The molecule has 2 fully saturated rings. The smallest absolute Gasteiger partial charge is 0.253 e. The van der Waals surface area contributed by atoms with E-state index in [1.165, 1.54) is 29.5 Å². The zero-order chi connectivity index (χ0) is 20.1. The summed E-state index contributed by atoms with van der Waals surface area (Å²) in [4.78, 5) is 15.3. The predicted octanol–water partition coefficient (Wildman–Crippen LogP) is 2.46. The lowest BCUT2D eigenvalue weighted by molar-refractivity contribution is -0.146. The minimum Gasteiger partial charge on any atom is -0.493 e. The number of carbonyl (C=O) groups is 1. The molecule has 0 spiro atoms. The van der Waals surface area contributed by atoms with E-state index in [-0.39, 0.29) is 12.0 Å². The van der Waals surface area contributed by atoms with E-state index in [4.69, 9.17) is 14.2 Å². The van der Waals surface area contributed by atoms with Crippen molar-refractivity contribution in [3.05, 3.63) is 28.8 Å². The van der Waals surface area contributed by atoms with Crippen molar-refractivity contribution in [3.8, 4) is 5.75 Å². The SMILES string of the molecule is COCCCOc1cc2c(c(CN(C(=O)[C@H]3CNCCO3)C3CC3)c1)CCCC2. The fourth-order valence-electron chi connectivity index (χ4n) is 4.41. The molecular weight excluding hydrogens is 368 g/mol. The summed E-state index contributed by atoms with van der Waals surface area (Å²) in [7, 11) is 1.71. The molecular formula is C23H34N2O4. The van der Waals surface area contributed by atoms with Crippen LogP contribution in [0, 0.1) is 0 Å². The number of amides is 1. The van der Waals surface area contributed by atoms with Crippen molar-refractivity contribution >= 4 is 5.91 Å². The molecule has 0 aromatic heterocycles. The number of aryl methyl sites for hydroxylation is 1. The average molecular weight is 403 g/mol. The van der Waals surface area contributed by atoms with E-state index in [0.29, 0.717) is 39.0 Å². The lowest BCUT2D eigenvalue weighted by Gasteiger charge is -2.31. The van der Waals surface area contributed by atoms with Gasteiger partial charge in [0.15, 0.2) is 0 Å². The second-order valence-electron chi connectivity index (χ2n) is 8.38. The molecule has 1 saturated carbocycles. The molecule has 1 saturated heterocycles. The number of morpholine rings is 1. The summed E-state index contributed by atoms with van der Waals surface area (Å²) in [6, 6.07) is 4.74. The van der Waals surface area contributed by atoms with Crippen molar-refractivity contribution in [2.45, 2.75) is 63.6 Å². The Bertz CT molecular complexity index is 698. The van der Waals surface area contributed by atoms with Gasteiger partial charge in [-0.2, -0.15) is 0 Å². The number of nitrogens with zero attached hydrogens (tertiary/aromatic N) is 1. The van der Waals surface area contributed by atoms with Crippen LogP contribution in [0.25, 0.3) is 0 Å². The molecule has 160 valence electrons. The lowest BCUT2D eigenvalue weighted by atomic mass is 9.87. The van der Waals surface area contributed by atoms with Crippen LogP contribution >= 0.6 is 0 Å². The van der Waals surface area contributed by atoms with Gasteiger partial charge in [-0.05, 0) is 67.3 Å². The maximum Gasteiger partial charge on any atom is 0.253 e. The molecule has 3 aliphatic rings. The van der Waals surface area contributed by atoms with Crippen LogP contribution in [0.15, 0.2) is 12.1 Å². The molecule has 1 heterocycles. The Hall–Kier alpha value is -1.63. The van der Waals surface area contributed by atoms with Crippen LogP contribution in [0.2, 0.25) is 0 Å². The number of hydrogen-bond donors (Lipinski definition) is 1. The number of nitrogens with one attached hydrogen (secondary N) is 1. The number of ether oxygens (including phenoxy) is 3. The van der Waals surface area contributed by atoms with Crippen molar-refractivity contribution in [2.75, 3.05) is 40.0 Å². The van der Waals surface area contributed by atoms with Crippen LogP contribution in [0.5, 0.6) is 5.75 Å². The third-order valence-electron chi connectivity index (χ3n) is 6.11. The fraction of sp³-hybridized carbons (Fsp3) is 0.696. The van der Waals surface area contributed by atoms with Crippen molar-refractivity contribution < 1.29 is 19.0 Å². The maximum absolute atomic E-state index is 13.2. The number of hydrogen-bond acceptors (Lipinski definition) is 5. The molecule has 1 N–H and O–H groups in total. The average Bonchev–Trinajstić information content (AvgIpc) is 3.60. The largest absolute Gasteiger partial charge is 0.493 e. The number of fused-ring (bicyclic) bond motifs is 1. The summed E-state index contributed by atoms with van der Waals surface area (Å²) in [5.74, 6) is 1.06. The Morgan fingerprint density at radius 3 is 2.86 bits per heavy atom. The second kappa shape index (κ2) is 9.92. The molecule has 1 atom stereocenters. The molecule has 1 aliphatic heterocycles. The molecule has 0 bridgehead atoms. The van der Waals surface area contributed by atoms with Gasteiger partial charge in [-0.1, -0.05) is 0 Å². The maximum atomic E-state index is 13.2. The van der Waals surface area contributed by atoms with Gasteiger partial charge in [0.05, 0.1) is 13.2 Å². The Labute approximate surface area is 173 Å². The minimum absolute atomic E-state index is 0.135. The van der Waals surface area contributed by atoms with Gasteiger partial charge in [-0.15, -0.1) is 0 Å². The molecule has 4 rings (SSSR count). The van der Waals surface area contributed by atoms with Crippen molar-refractivity contribution in [1.29, 1.82) is 0 Å². The summed E-state index contributed by atoms with van der Waals surface area (Å²) in [6.07, 6.45) is 7.37. The Morgan fingerprint density at radius 2 is 2.10 bits per heavy atom. The fourth-order valence-corrected chi connectivity index (χ4v) is 4.41. The van der Waals surface area contributed by atoms with Crippen LogP contribution in [0.3, 0.4) is 0 Å². The van der Waals surface area contributed by atoms with Gasteiger partial charge in [0.25, 0.3) is 5.91 Å². The highest BCUT2D eigenvalue weighted by Gasteiger charge is 2.37. The molecule has 29 heavy (non-hydrogen) atoms. The summed E-state index contributed by atoms with van der Waals surface area (Å²) >= 11 is 0. The molecule has 2 aliphatic carbocycles. The third kappa shape index (κ3) is 5.30. The third-order valence-corrected chi connectivity index (χ3v) is 6.11. The highest BCUT2D eigenvalue weighted by molar-refractivity contribution is 5.82. The van der Waals surface area contributed by atoms with E-state index >= 15 is 0 Å². The monoisotopic (exact) mass is 402 g/mol. The molecule has 0 unspecified atom stereocenters. The van der Waals surface area contributed by atoms with Crippen LogP contribution in [0.4, 0.5) is 0 Å². The summed E-state index contributed by atoms with van der Waals surface area (Å²) in [5.41, 5.74) is 4.09. The first-order valence-electron chi connectivity index (χ1n) is 11.2. The summed E-state index contributed by atoms with van der Waals surface area (Å²) in [5, 5.41) is 3.28. The quantitative estimate of drug-likeness (QED) is 0.643. The molecule has 1 aromatic carbocycles. The van der Waals surface area contributed by atoms with Crippen LogP contribution in [-0.4, -0.2) is 63.0 Å². The Balaban J connectivity index is 1.52. The van der Waals surface area contributed by atoms with Gasteiger partial charge in [-0.3, -0.25) is 4.79 Å². The summed E-state index contributed by atoms with van der Waals surface area (Å²) in [6.45, 7) is 4.07. The molecule has 1 aromatic rings. The van der Waals surface area contributed by atoms with Crippen molar-refractivity contribution in [2.24, 2.45) is 0 Å². The van der Waals surface area contributed by atoms with E-state index in [1.807, 2.05) is 0 Å². The zero-order valence-electron chi connectivity index (χ0n) is 17.6. The zero-order valence-corrected chi connectivity index (χ0v) is 17.6. The minimum atomic E-state index is -0.353. The Kier molecular flexibility index (Phi) is 7.06. The van der Waals surface area contributed by atoms with Gasteiger partial charge in [0.2, 0.25) is 0 Å². The first kappa shape index (κ1) is 20.6.